The third-order valence-corrected chi connectivity index (χ3v) is 8.52. The van der Waals surface area contributed by atoms with Crippen LogP contribution in [0.15, 0.2) is 0 Å². The van der Waals surface area contributed by atoms with Crippen molar-refractivity contribution >= 4 is 25.8 Å². The van der Waals surface area contributed by atoms with Gasteiger partial charge in [-0.25, -0.2) is 21.1 Å². The van der Waals surface area contributed by atoms with Crippen molar-refractivity contribution in [3.05, 3.63) is 0 Å². The summed E-state index contributed by atoms with van der Waals surface area (Å²) in [5.41, 5.74) is -1.06. The molecule has 2 fully saturated rings. The van der Waals surface area contributed by atoms with Crippen LogP contribution in [-0.2, 0) is 24.7 Å². The molecule has 0 aromatic carbocycles. The molecule has 1 N–H and O–H groups in total. The van der Waals surface area contributed by atoms with Gasteiger partial charge in [0.15, 0.2) is 0 Å². The van der Waals surface area contributed by atoms with Crippen LogP contribution in [0.3, 0.4) is 0 Å². The van der Waals surface area contributed by atoms with Gasteiger partial charge in [0.2, 0.25) is 10.0 Å². The number of carbonyl (C=O) groups is 1. The molecule has 2 saturated heterocycles. The van der Waals surface area contributed by atoms with E-state index >= 15 is 0 Å². The molecule has 0 aromatic heterocycles. The zero-order valence-corrected chi connectivity index (χ0v) is 13.6. The molecule has 21 heavy (non-hydrogen) atoms. The van der Waals surface area contributed by atoms with Gasteiger partial charge in [-0.1, -0.05) is 0 Å². The fourth-order valence-corrected chi connectivity index (χ4v) is 6.85. The van der Waals surface area contributed by atoms with Gasteiger partial charge in [0.25, 0.3) is 0 Å². The van der Waals surface area contributed by atoms with Crippen LogP contribution in [0.5, 0.6) is 0 Å². The lowest BCUT2D eigenvalue weighted by atomic mass is 9.83. The number of hydrogen-bond acceptors (Lipinski definition) is 5. The smallest absolute Gasteiger partial charge is 0.310 e. The van der Waals surface area contributed by atoms with Crippen LogP contribution in [0.4, 0.5) is 0 Å². The van der Waals surface area contributed by atoms with Crippen molar-refractivity contribution in [1.82, 2.24) is 4.31 Å². The minimum atomic E-state index is -3.63. The summed E-state index contributed by atoms with van der Waals surface area (Å²) >= 11 is 0. The van der Waals surface area contributed by atoms with Crippen LogP contribution in [0.25, 0.3) is 0 Å². The number of carboxylic acids is 1. The molecule has 122 valence electrons. The van der Waals surface area contributed by atoms with Crippen molar-refractivity contribution in [3.8, 4) is 0 Å². The highest BCUT2D eigenvalue weighted by molar-refractivity contribution is 7.92. The maximum absolute atomic E-state index is 12.6. The number of nitrogens with zero attached hydrogens (tertiary/aromatic N) is 1. The maximum Gasteiger partial charge on any atom is 0.310 e. The summed E-state index contributed by atoms with van der Waals surface area (Å²) in [6.45, 7) is 1.84. The predicted octanol–water partition coefficient (Wildman–Crippen LogP) is 0.0801. The average molecular weight is 339 g/mol. The highest BCUT2D eigenvalue weighted by atomic mass is 32.2. The molecule has 0 radical (unpaired) electrons. The summed E-state index contributed by atoms with van der Waals surface area (Å²) in [5.74, 6) is -1.21. The van der Waals surface area contributed by atoms with E-state index in [0.717, 1.165) is 0 Å². The summed E-state index contributed by atoms with van der Waals surface area (Å²) in [5, 5.41) is 8.55. The van der Waals surface area contributed by atoms with E-state index < -0.39 is 36.5 Å². The van der Waals surface area contributed by atoms with Crippen molar-refractivity contribution in [2.75, 3.05) is 24.6 Å². The number of rotatable bonds is 3. The van der Waals surface area contributed by atoms with Crippen molar-refractivity contribution in [1.29, 1.82) is 0 Å². The Morgan fingerprint density at radius 3 is 2.38 bits per heavy atom. The van der Waals surface area contributed by atoms with Crippen molar-refractivity contribution in [2.45, 2.75) is 37.9 Å². The van der Waals surface area contributed by atoms with E-state index in [9.17, 15) is 26.7 Å². The second-order valence-corrected chi connectivity index (χ2v) is 10.7. The minimum Gasteiger partial charge on any atom is -0.481 e. The first-order valence-corrected chi connectivity index (χ1v) is 10.3. The number of sulfone groups is 1. The zero-order chi connectivity index (χ0) is 15.9. The van der Waals surface area contributed by atoms with E-state index in [0.29, 0.717) is 19.4 Å². The Morgan fingerprint density at radius 2 is 1.86 bits per heavy atom. The summed E-state index contributed by atoms with van der Waals surface area (Å²) in [6.07, 6.45) is 1.16. The normalized spacial score (nSPS) is 31.9. The summed E-state index contributed by atoms with van der Waals surface area (Å²) in [7, 11) is -6.75. The van der Waals surface area contributed by atoms with Crippen LogP contribution in [0, 0.1) is 5.41 Å². The predicted molar refractivity (Wildman–Crippen MR) is 77.1 cm³/mol. The van der Waals surface area contributed by atoms with Crippen LogP contribution in [-0.4, -0.2) is 62.1 Å². The highest BCUT2D eigenvalue weighted by Crippen LogP contribution is 2.33. The molecule has 0 aromatic rings. The number of aliphatic carboxylic acids is 1. The van der Waals surface area contributed by atoms with Crippen LogP contribution in [0.2, 0.25) is 0 Å². The van der Waals surface area contributed by atoms with Crippen LogP contribution in [0.1, 0.15) is 32.6 Å². The molecule has 2 heterocycles. The second-order valence-electron chi connectivity index (χ2n) is 6.20. The Hall–Kier alpha value is -0.670. The molecule has 0 aliphatic carbocycles. The van der Waals surface area contributed by atoms with E-state index in [4.69, 9.17) is 0 Å². The van der Waals surface area contributed by atoms with Gasteiger partial charge in [-0.3, -0.25) is 4.79 Å². The van der Waals surface area contributed by atoms with Gasteiger partial charge in [-0.2, -0.15) is 0 Å². The van der Waals surface area contributed by atoms with Gasteiger partial charge in [0.05, 0.1) is 22.2 Å². The Labute approximate surface area is 125 Å². The molecule has 2 aliphatic heterocycles. The van der Waals surface area contributed by atoms with E-state index in [1.807, 2.05) is 0 Å². The quantitative estimate of drug-likeness (QED) is 0.780. The summed E-state index contributed by atoms with van der Waals surface area (Å²) < 4.78 is 49.3. The van der Waals surface area contributed by atoms with Gasteiger partial charge in [0, 0.05) is 13.1 Å². The third-order valence-electron chi connectivity index (χ3n) is 4.46. The first-order chi connectivity index (χ1) is 9.57. The van der Waals surface area contributed by atoms with E-state index in [-0.39, 0.29) is 30.9 Å². The Balaban J connectivity index is 2.15. The zero-order valence-electron chi connectivity index (χ0n) is 12.0. The Kier molecular flexibility index (Phi) is 4.38. The molecule has 2 rings (SSSR count). The first kappa shape index (κ1) is 16.7. The Morgan fingerprint density at radius 1 is 1.29 bits per heavy atom. The lowest BCUT2D eigenvalue weighted by molar-refractivity contribution is -0.150. The van der Waals surface area contributed by atoms with Gasteiger partial charge >= 0.3 is 5.97 Å². The van der Waals surface area contributed by atoms with Crippen LogP contribution < -0.4 is 0 Å². The number of piperidine rings is 1. The first-order valence-electron chi connectivity index (χ1n) is 7.00. The van der Waals surface area contributed by atoms with Crippen molar-refractivity contribution < 1.29 is 26.7 Å². The monoisotopic (exact) mass is 339 g/mol. The Bertz CT molecular complexity index is 612. The van der Waals surface area contributed by atoms with E-state index in [1.165, 1.54) is 4.31 Å². The molecular weight excluding hydrogens is 318 g/mol. The van der Waals surface area contributed by atoms with Gasteiger partial charge in [0.1, 0.15) is 9.84 Å². The lowest BCUT2D eigenvalue weighted by Gasteiger charge is -2.38. The van der Waals surface area contributed by atoms with E-state index in [2.05, 4.69) is 0 Å². The molecule has 0 bridgehead atoms. The fourth-order valence-electron chi connectivity index (χ4n) is 2.96. The van der Waals surface area contributed by atoms with E-state index in [1.54, 1.807) is 6.92 Å². The molecule has 0 amide bonds. The molecule has 7 nitrogen and oxygen atoms in total. The molecule has 2 aliphatic rings. The number of carboxylic acid groups (broad SMARTS) is 1. The van der Waals surface area contributed by atoms with Gasteiger partial charge < -0.3 is 5.11 Å². The number of hydrogen-bond donors (Lipinski definition) is 1. The molecule has 1 unspecified atom stereocenters. The topological polar surface area (TPSA) is 109 Å². The van der Waals surface area contributed by atoms with Crippen LogP contribution >= 0.6 is 0 Å². The summed E-state index contributed by atoms with van der Waals surface area (Å²) in [6, 6.07) is 0. The molecule has 0 spiro atoms. The van der Waals surface area contributed by atoms with Gasteiger partial charge in [-0.15, -0.1) is 0 Å². The van der Waals surface area contributed by atoms with Crippen molar-refractivity contribution in [3.63, 3.8) is 0 Å². The summed E-state index contributed by atoms with van der Waals surface area (Å²) in [4.78, 5) is 11.3. The maximum atomic E-state index is 12.6. The minimum absolute atomic E-state index is 0.0338. The third kappa shape index (κ3) is 3.40. The SMILES string of the molecule is CC1(C(=O)O)CCCN(S(=O)(=O)C2CCS(=O)(=O)CC2)C1. The second kappa shape index (κ2) is 5.51. The van der Waals surface area contributed by atoms with Crippen molar-refractivity contribution in [2.24, 2.45) is 5.41 Å². The largest absolute Gasteiger partial charge is 0.481 e. The van der Waals surface area contributed by atoms with Gasteiger partial charge in [-0.05, 0) is 32.6 Å². The highest BCUT2D eigenvalue weighted by Gasteiger charge is 2.44. The molecule has 9 heteroatoms. The lowest BCUT2D eigenvalue weighted by Crippen LogP contribution is -2.51. The molecular formula is C12H21NO6S2. The standard InChI is InChI=1S/C12H21NO6S2/c1-12(11(14)15)5-2-6-13(9-12)21(18,19)10-3-7-20(16,17)8-4-10/h10H,2-9H2,1H3,(H,14,15). The number of sulfonamides is 1. The molecule has 0 saturated carbocycles. The molecule has 1 atom stereocenters. The average Bonchev–Trinajstić information content (AvgIpc) is 2.38. The fraction of sp³-hybridized carbons (Fsp3) is 0.917.